The lowest BCUT2D eigenvalue weighted by atomic mass is 9.97. The van der Waals surface area contributed by atoms with Crippen molar-refractivity contribution in [3.8, 4) is 0 Å². The van der Waals surface area contributed by atoms with Gasteiger partial charge in [-0.2, -0.15) is 0 Å². The molecule has 1 unspecified atom stereocenters. The van der Waals surface area contributed by atoms with Gasteiger partial charge in [-0.1, -0.05) is 0 Å². The molecule has 0 bridgehead atoms. The maximum absolute atomic E-state index is 8.52. The first-order valence-electron chi connectivity index (χ1n) is 4.09. The van der Waals surface area contributed by atoms with Gasteiger partial charge in [0.25, 0.3) is 0 Å². The van der Waals surface area contributed by atoms with E-state index in [1.807, 2.05) is 13.8 Å². The second-order valence-corrected chi connectivity index (χ2v) is 3.77. The first kappa shape index (κ1) is 10.9. The summed E-state index contributed by atoms with van der Waals surface area (Å²) in [4.78, 5) is 0. The van der Waals surface area contributed by atoms with Crippen LogP contribution in [0.3, 0.4) is 0 Å². The molecule has 0 aromatic carbocycles. The lowest BCUT2D eigenvalue weighted by Gasteiger charge is -2.23. The molecule has 68 valence electrons. The Morgan fingerprint density at radius 1 is 1.55 bits per heavy atom. The van der Waals surface area contributed by atoms with E-state index in [4.69, 9.17) is 10.8 Å². The topological polar surface area (TPSA) is 58.3 Å². The summed E-state index contributed by atoms with van der Waals surface area (Å²) < 4.78 is 0. The lowest BCUT2D eigenvalue weighted by Crippen LogP contribution is -2.41. The van der Waals surface area contributed by atoms with Crippen LogP contribution in [-0.4, -0.2) is 29.8 Å². The third-order valence-corrected chi connectivity index (χ3v) is 1.44. The summed E-state index contributed by atoms with van der Waals surface area (Å²) >= 11 is 0. The van der Waals surface area contributed by atoms with Gasteiger partial charge in [0.1, 0.15) is 0 Å². The number of hydrogen-bond acceptors (Lipinski definition) is 3. The summed E-state index contributed by atoms with van der Waals surface area (Å²) in [6.45, 7) is 6.92. The number of aliphatic hydroxyl groups is 1. The second-order valence-electron chi connectivity index (χ2n) is 3.77. The normalized spacial score (nSPS) is 15.0. The minimum absolute atomic E-state index is 0.123. The van der Waals surface area contributed by atoms with Gasteiger partial charge in [0, 0.05) is 18.1 Å². The van der Waals surface area contributed by atoms with E-state index in [0.29, 0.717) is 12.6 Å². The van der Waals surface area contributed by atoms with Crippen LogP contribution in [0.15, 0.2) is 0 Å². The van der Waals surface area contributed by atoms with Gasteiger partial charge < -0.3 is 16.2 Å². The summed E-state index contributed by atoms with van der Waals surface area (Å²) in [5.41, 5.74) is 5.68. The summed E-state index contributed by atoms with van der Waals surface area (Å²) in [6, 6.07) is 0.377. The van der Waals surface area contributed by atoms with Crippen LogP contribution in [0, 0.1) is 0 Å². The predicted octanol–water partition coefficient (Wildman–Crippen LogP) is 0.0842. The molecule has 3 nitrogen and oxygen atoms in total. The number of aliphatic hydroxyl groups excluding tert-OH is 1. The van der Waals surface area contributed by atoms with Gasteiger partial charge in [0.2, 0.25) is 0 Å². The highest BCUT2D eigenvalue weighted by Crippen LogP contribution is 2.06. The Bertz CT molecular complexity index is 98.8. The number of rotatable bonds is 5. The zero-order chi connectivity index (χ0) is 8.91. The zero-order valence-electron chi connectivity index (χ0n) is 7.72. The van der Waals surface area contributed by atoms with Gasteiger partial charge in [0.15, 0.2) is 0 Å². The Morgan fingerprint density at radius 3 is 2.45 bits per heavy atom. The number of nitrogens with two attached hydrogens (primary N) is 1. The maximum Gasteiger partial charge on any atom is 0.0556 e. The van der Waals surface area contributed by atoms with E-state index in [0.717, 1.165) is 6.42 Å². The van der Waals surface area contributed by atoms with Crippen LogP contribution >= 0.6 is 0 Å². The third-order valence-electron chi connectivity index (χ3n) is 1.44. The molecule has 0 saturated carbocycles. The van der Waals surface area contributed by atoms with E-state index < -0.39 is 0 Å². The SMILES string of the molecule is CC(CC(C)(C)N)NCCO. The van der Waals surface area contributed by atoms with Crippen molar-refractivity contribution in [1.82, 2.24) is 5.32 Å². The van der Waals surface area contributed by atoms with Crippen molar-refractivity contribution in [2.75, 3.05) is 13.2 Å². The molecule has 0 radical (unpaired) electrons. The minimum atomic E-state index is -0.123. The summed E-state index contributed by atoms with van der Waals surface area (Å²) in [6.07, 6.45) is 0.924. The van der Waals surface area contributed by atoms with Gasteiger partial charge >= 0.3 is 0 Å². The van der Waals surface area contributed by atoms with E-state index in [9.17, 15) is 0 Å². The molecule has 0 aliphatic carbocycles. The fourth-order valence-corrected chi connectivity index (χ4v) is 1.17. The first-order chi connectivity index (χ1) is 4.95. The van der Waals surface area contributed by atoms with Crippen molar-refractivity contribution in [3.63, 3.8) is 0 Å². The fraction of sp³-hybridized carbons (Fsp3) is 1.00. The lowest BCUT2D eigenvalue weighted by molar-refractivity contribution is 0.278. The fourth-order valence-electron chi connectivity index (χ4n) is 1.17. The molecule has 0 rings (SSSR count). The molecule has 0 spiro atoms. The summed E-state index contributed by atoms with van der Waals surface area (Å²) in [7, 11) is 0. The highest BCUT2D eigenvalue weighted by molar-refractivity contribution is 4.77. The van der Waals surface area contributed by atoms with Crippen molar-refractivity contribution in [2.45, 2.75) is 38.8 Å². The molecule has 0 saturated heterocycles. The molecule has 3 heteroatoms. The van der Waals surface area contributed by atoms with Crippen LogP contribution in [-0.2, 0) is 0 Å². The van der Waals surface area contributed by atoms with Gasteiger partial charge in [-0.3, -0.25) is 0 Å². The molecule has 1 atom stereocenters. The van der Waals surface area contributed by atoms with Gasteiger partial charge in [-0.15, -0.1) is 0 Å². The molecule has 11 heavy (non-hydrogen) atoms. The van der Waals surface area contributed by atoms with Crippen molar-refractivity contribution in [2.24, 2.45) is 5.73 Å². The Kier molecular flexibility index (Phi) is 4.65. The molecular formula is C8H20N2O. The largest absolute Gasteiger partial charge is 0.395 e. The van der Waals surface area contributed by atoms with Crippen LogP contribution in [0.1, 0.15) is 27.2 Å². The Morgan fingerprint density at radius 2 is 2.09 bits per heavy atom. The molecule has 0 aromatic heterocycles. The zero-order valence-corrected chi connectivity index (χ0v) is 7.72. The van der Waals surface area contributed by atoms with Crippen molar-refractivity contribution in [3.05, 3.63) is 0 Å². The van der Waals surface area contributed by atoms with E-state index in [-0.39, 0.29) is 12.1 Å². The Labute approximate surface area is 69.0 Å². The molecular weight excluding hydrogens is 140 g/mol. The quantitative estimate of drug-likeness (QED) is 0.534. The van der Waals surface area contributed by atoms with E-state index in [2.05, 4.69) is 12.2 Å². The Balaban J connectivity index is 3.44. The van der Waals surface area contributed by atoms with Crippen LogP contribution in [0.2, 0.25) is 0 Å². The standard InChI is InChI=1S/C8H20N2O/c1-7(10-4-5-11)6-8(2,3)9/h7,10-11H,4-6,9H2,1-3H3. The third kappa shape index (κ3) is 7.78. The van der Waals surface area contributed by atoms with Crippen LogP contribution in [0.25, 0.3) is 0 Å². The average molecular weight is 160 g/mol. The summed E-state index contributed by atoms with van der Waals surface area (Å²) in [5, 5.41) is 11.7. The monoisotopic (exact) mass is 160 g/mol. The second kappa shape index (κ2) is 4.70. The molecule has 0 amide bonds. The minimum Gasteiger partial charge on any atom is -0.395 e. The molecule has 0 fully saturated rings. The molecule has 0 aliphatic rings. The highest BCUT2D eigenvalue weighted by atomic mass is 16.3. The van der Waals surface area contributed by atoms with Crippen molar-refractivity contribution in [1.29, 1.82) is 0 Å². The maximum atomic E-state index is 8.52. The van der Waals surface area contributed by atoms with Gasteiger partial charge in [-0.05, 0) is 27.2 Å². The predicted molar refractivity (Wildman–Crippen MR) is 47.4 cm³/mol. The highest BCUT2D eigenvalue weighted by Gasteiger charge is 2.14. The average Bonchev–Trinajstić information content (AvgIpc) is 1.79. The van der Waals surface area contributed by atoms with E-state index >= 15 is 0 Å². The number of nitrogens with one attached hydrogen (secondary N) is 1. The first-order valence-corrected chi connectivity index (χ1v) is 4.09. The smallest absolute Gasteiger partial charge is 0.0556 e. The van der Waals surface area contributed by atoms with E-state index in [1.54, 1.807) is 0 Å². The summed E-state index contributed by atoms with van der Waals surface area (Å²) in [5.74, 6) is 0. The van der Waals surface area contributed by atoms with Crippen LogP contribution in [0.5, 0.6) is 0 Å². The molecule has 0 aliphatic heterocycles. The van der Waals surface area contributed by atoms with Gasteiger partial charge in [0.05, 0.1) is 6.61 Å². The Hall–Kier alpha value is -0.120. The number of hydrogen-bond donors (Lipinski definition) is 3. The van der Waals surface area contributed by atoms with Crippen molar-refractivity contribution >= 4 is 0 Å². The van der Waals surface area contributed by atoms with Gasteiger partial charge in [-0.25, -0.2) is 0 Å². The van der Waals surface area contributed by atoms with Crippen molar-refractivity contribution < 1.29 is 5.11 Å². The molecule has 0 heterocycles. The molecule has 0 aromatic rings. The van der Waals surface area contributed by atoms with E-state index in [1.165, 1.54) is 0 Å². The van der Waals surface area contributed by atoms with Crippen LogP contribution in [0.4, 0.5) is 0 Å². The van der Waals surface area contributed by atoms with Crippen LogP contribution < -0.4 is 11.1 Å². The molecule has 4 N–H and O–H groups in total.